The van der Waals surface area contributed by atoms with Crippen LogP contribution < -0.4 is 0 Å². The lowest BCUT2D eigenvalue weighted by molar-refractivity contribution is -0.261. The van der Waals surface area contributed by atoms with Crippen molar-refractivity contribution < 1.29 is 37.0 Å². The SMILES string of the molecule is O=C(ON1CC(COC[C@@H]2COCCO2)C1)C(F)(F)F. The van der Waals surface area contributed by atoms with Crippen molar-refractivity contribution >= 4 is 5.97 Å². The zero-order valence-electron chi connectivity index (χ0n) is 10.7. The minimum Gasteiger partial charge on any atom is -0.378 e. The maximum Gasteiger partial charge on any atom is 0.492 e. The summed E-state index contributed by atoms with van der Waals surface area (Å²) in [5.74, 6) is -2.13. The molecule has 9 heteroatoms. The van der Waals surface area contributed by atoms with Gasteiger partial charge in [-0.05, 0) is 0 Å². The Morgan fingerprint density at radius 1 is 1.25 bits per heavy atom. The van der Waals surface area contributed by atoms with Gasteiger partial charge in [-0.3, -0.25) is 0 Å². The largest absolute Gasteiger partial charge is 0.492 e. The smallest absolute Gasteiger partial charge is 0.378 e. The number of halogens is 3. The highest BCUT2D eigenvalue weighted by molar-refractivity contribution is 5.75. The summed E-state index contributed by atoms with van der Waals surface area (Å²) in [5.41, 5.74) is 0. The molecule has 20 heavy (non-hydrogen) atoms. The van der Waals surface area contributed by atoms with E-state index >= 15 is 0 Å². The fourth-order valence-electron chi connectivity index (χ4n) is 1.87. The maximum atomic E-state index is 11.9. The van der Waals surface area contributed by atoms with Gasteiger partial charge in [0.25, 0.3) is 0 Å². The number of carbonyl (C=O) groups excluding carboxylic acids is 1. The zero-order chi connectivity index (χ0) is 14.6. The second kappa shape index (κ2) is 6.70. The summed E-state index contributed by atoms with van der Waals surface area (Å²) in [4.78, 5) is 14.7. The van der Waals surface area contributed by atoms with E-state index in [0.29, 0.717) is 33.0 Å². The van der Waals surface area contributed by atoms with E-state index in [0.717, 1.165) is 5.06 Å². The maximum absolute atomic E-state index is 11.9. The van der Waals surface area contributed by atoms with E-state index in [-0.39, 0.29) is 25.1 Å². The fourth-order valence-corrected chi connectivity index (χ4v) is 1.87. The average Bonchev–Trinajstić information content (AvgIpc) is 2.35. The average molecular weight is 299 g/mol. The molecule has 0 amide bonds. The van der Waals surface area contributed by atoms with Crippen LogP contribution in [0.5, 0.6) is 0 Å². The molecule has 0 aromatic carbocycles. The van der Waals surface area contributed by atoms with Crippen LogP contribution >= 0.6 is 0 Å². The highest BCUT2D eigenvalue weighted by Crippen LogP contribution is 2.22. The molecule has 2 fully saturated rings. The van der Waals surface area contributed by atoms with Crippen LogP contribution in [0.4, 0.5) is 13.2 Å². The normalized spacial score (nSPS) is 25.2. The first-order chi connectivity index (χ1) is 9.45. The Hall–Kier alpha value is -0.900. The van der Waals surface area contributed by atoms with Crippen molar-refractivity contribution in [2.45, 2.75) is 12.3 Å². The molecule has 2 aliphatic heterocycles. The van der Waals surface area contributed by atoms with Gasteiger partial charge in [0.2, 0.25) is 0 Å². The Kier molecular flexibility index (Phi) is 5.19. The van der Waals surface area contributed by atoms with Gasteiger partial charge in [-0.2, -0.15) is 13.2 Å². The van der Waals surface area contributed by atoms with Gasteiger partial charge < -0.3 is 19.0 Å². The molecule has 2 aliphatic rings. The van der Waals surface area contributed by atoms with Crippen LogP contribution in [0.15, 0.2) is 0 Å². The number of ether oxygens (including phenoxy) is 3. The molecule has 0 N–H and O–H groups in total. The third-order valence-electron chi connectivity index (χ3n) is 2.91. The third kappa shape index (κ3) is 4.58. The fraction of sp³-hybridized carbons (Fsp3) is 0.909. The van der Waals surface area contributed by atoms with Gasteiger partial charge in [0.15, 0.2) is 0 Å². The molecular formula is C11H16F3NO5. The van der Waals surface area contributed by atoms with Gasteiger partial charge in [0.05, 0.1) is 33.0 Å². The highest BCUT2D eigenvalue weighted by Gasteiger charge is 2.44. The summed E-state index contributed by atoms with van der Waals surface area (Å²) in [5, 5.41) is 0.976. The number of rotatable bonds is 5. The predicted octanol–water partition coefficient (Wildman–Crippen LogP) is 0.371. The van der Waals surface area contributed by atoms with Crippen molar-refractivity contribution in [3.05, 3.63) is 0 Å². The molecule has 1 atom stereocenters. The van der Waals surface area contributed by atoms with Gasteiger partial charge >= 0.3 is 12.1 Å². The van der Waals surface area contributed by atoms with Crippen LogP contribution in [0.25, 0.3) is 0 Å². The second-order valence-corrected chi connectivity index (χ2v) is 4.69. The summed E-state index contributed by atoms with van der Waals surface area (Å²) >= 11 is 0. The molecule has 2 saturated heterocycles. The van der Waals surface area contributed by atoms with E-state index in [1.807, 2.05) is 0 Å². The van der Waals surface area contributed by atoms with E-state index < -0.39 is 12.1 Å². The molecule has 0 aromatic heterocycles. The summed E-state index contributed by atoms with van der Waals surface area (Å²) < 4.78 is 51.7. The Morgan fingerprint density at radius 2 is 2.00 bits per heavy atom. The van der Waals surface area contributed by atoms with Crippen molar-refractivity contribution in [3.8, 4) is 0 Å². The summed E-state index contributed by atoms with van der Waals surface area (Å²) in [6.07, 6.45) is -5.05. The third-order valence-corrected chi connectivity index (χ3v) is 2.91. The first-order valence-electron chi connectivity index (χ1n) is 6.26. The first-order valence-corrected chi connectivity index (χ1v) is 6.26. The molecule has 0 saturated carbocycles. The van der Waals surface area contributed by atoms with Crippen molar-refractivity contribution in [2.75, 3.05) is 46.1 Å². The number of carbonyl (C=O) groups is 1. The molecule has 0 aromatic rings. The summed E-state index contributed by atoms with van der Waals surface area (Å²) in [6, 6.07) is 0. The second-order valence-electron chi connectivity index (χ2n) is 4.69. The minimum atomic E-state index is -4.96. The Labute approximate surface area is 113 Å². The van der Waals surface area contributed by atoms with Crippen molar-refractivity contribution in [1.29, 1.82) is 0 Å². The van der Waals surface area contributed by atoms with E-state index in [4.69, 9.17) is 14.2 Å². The van der Waals surface area contributed by atoms with Crippen LogP contribution in [-0.4, -0.2) is 69.4 Å². The quantitative estimate of drug-likeness (QED) is 0.731. The van der Waals surface area contributed by atoms with Gasteiger partial charge in [-0.25, -0.2) is 4.79 Å². The molecule has 116 valence electrons. The van der Waals surface area contributed by atoms with Gasteiger partial charge in [0.1, 0.15) is 6.10 Å². The highest BCUT2D eigenvalue weighted by atomic mass is 19.4. The molecule has 0 aliphatic carbocycles. The Bertz CT molecular complexity index is 327. The minimum absolute atomic E-state index is 0.0561. The van der Waals surface area contributed by atoms with Gasteiger partial charge in [-0.15, -0.1) is 5.06 Å². The van der Waals surface area contributed by atoms with Gasteiger partial charge in [0, 0.05) is 19.0 Å². The van der Waals surface area contributed by atoms with Crippen LogP contribution in [0, 0.1) is 5.92 Å². The Balaban J connectivity index is 1.52. The van der Waals surface area contributed by atoms with Crippen molar-refractivity contribution in [1.82, 2.24) is 5.06 Å². The zero-order valence-corrected chi connectivity index (χ0v) is 10.7. The van der Waals surface area contributed by atoms with E-state index in [1.54, 1.807) is 0 Å². The topological polar surface area (TPSA) is 57.2 Å². The van der Waals surface area contributed by atoms with E-state index in [9.17, 15) is 18.0 Å². The van der Waals surface area contributed by atoms with Crippen molar-refractivity contribution in [2.24, 2.45) is 5.92 Å². The predicted molar refractivity (Wildman–Crippen MR) is 58.6 cm³/mol. The lowest BCUT2D eigenvalue weighted by Crippen LogP contribution is -2.51. The number of hydrogen-bond acceptors (Lipinski definition) is 6. The molecular weight excluding hydrogens is 283 g/mol. The van der Waals surface area contributed by atoms with Crippen LogP contribution in [0.2, 0.25) is 0 Å². The standard InChI is InChI=1S/C11H16F3NO5/c12-11(13,14)10(16)20-15-3-8(4-15)5-18-7-9-6-17-1-2-19-9/h8-9H,1-7H2/t9-/m0/s1. The van der Waals surface area contributed by atoms with Crippen molar-refractivity contribution in [3.63, 3.8) is 0 Å². The molecule has 0 spiro atoms. The molecule has 2 rings (SSSR count). The molecule has 0 bridgehead atoms. The number of nitrogens with zero attached hydrogens (tertiary/aromatic N) is 1. The molecule has 0 unspecified atom stereocenters. The number of hydrogen-bond donors (Lipinski definition) is 0. The number of alkyl halides is 3. The lowest BCUT2D eigenvalue weighted by atomic mass is 10.0. The van der Waals surface area contributed by atoms with E-state index in [2.05, 4.69) is 4.84 Å². The monoisotopic (exact) mass is 299 g/mol. The first kappa shape index (κ1) is 15.5. The molecule has 6 nitrogen and oxygen atoms in total. The Morgan fingerprint density at radius 3 is 2.60 bits per heavy atom. The van der Waals surface area contributed by atoms with E-state index in [1.165, 1.54) is 0 Å². The van der Waals surface area contributed by atoms with Gasteiger partial charge in [-0.1, -0.05) is 0 Å². The summed E-state index contributed by atoms with van der Waals surface area (Å²) in [6.45, 7) is 2.86. The lowest BCUT2D eigenvalue weighted by Gasteiger charge is -2.37. The molecule has 2 heterocycles. The number of hydroxylamine groups is 2. The molecule has 0 radical (unpaired) electrons. The summed E-state index contributed by atoms with van der Waals surface area (Å²) in [7, 11) is 0. The van der Waals surface area contributed by atoms with Crippen LogP contribution in [0.1, 0.15) is 0 Å². The van der Waals surface area contributed by atoms with Crippen LogP contribution in [-0.2, 0) is 23.8 Å². The van der Waals surface area contributed by atoms with Crippen LogP contribution in [0.3, 0.4) is 0 Å².